The molecule has 1 saturated carbocycles. The van der Waals surface area contributed by atoms with Crippen LogP contribution < -0.4 is 5.32 Å². The molecule has 1 aromatic carbocycles. The van der Waals surface area contributed by atoms with E-state index in [0.29, 0.717) is 18.6 Å². The monoisotopic (exact) mass is 314 g/mol. The molecule has 1 aliphatic heterocycles. The normalized spacial score (nSPS) is 22.5. The number of likely N-dealkylation sites (tertiary alicyclic amines) is 1. The highest BCUT2D eigenvalue weighted by Crippen LogP contribution is 2.33. The first-order valence-electron chi connectivity index (χ1n) is 7.25. The molecule has 1 saturated heterocycles. The zero-order chi connectivity index (χ0) is 15.0. The van der Waals surface area contributed by atoms with Crippen molar-refractivity contribution in [1.82, 2.24) is 10.2 Å². The van der Waals surface area contributed by atoms with Gasteiger partial charge in [0.15, 0.2) is 5.82 Å². The Morgan fingerprint density at radius 2 is 2.10 bits per heavy atom. The van der Waals surface area contributed by atoms with Crippen LogP contribution in [-0.4, -0.2) is 36.0 Å². The second-order valence-electron chi connectivity index (χ2n) is 5.70. The number of halogens is 3. The molecule has 2 aliphatic rings. The highest BCUT2D eigenvalue weighted by molar-refractivity contribution is 6.31. The smallest absolute Gasteiger partial charge is 0.254 e. The van der Waals surface area contributed by atoms with E-state index in [-0.39, 0.29) is 5.56 Å². The summed E-state index contributed by atoms with van der Waals surface area (Å²) in [5.74, 6) is -2.40. The highest BCUT2D eigenvalue weighted by atomic mass is 35.5. The van der Waals surface area contributed by atoms with E-state index in [1.807, 2.05) is 0 Å². The molecule has 1 aromatic rings. The van der Waals surface area contributed by atoms with Gasteiger partial charge in [0.05, 0.1) is 5.56 Å². The van der Waals surface area contributed by atoms with Crippen LogP contribution in [0.5, 0.6) is 0 Å². The van der Waals surface area contributed by atoms with Gasteiger partial charge in [-0.1, -0.05) is 11.6 Å². The Morgan fingerprint density at radius 1 is 1.33 bits per heavy atom. The van der Waals surface area contributed by atoms with Crippen LogP contribution in [0, 0.1) is 11.6 Å². The number of amides is 1. The van der Waals surface area contributed by atoms with Gasteiger partial charge in [-0.25, -0.2) is 8.78 Å². The number of benzene rings is 1. The highest BCUT2D eigenvalue weighted by Gasteiger charge is 2.36. The Balaban J connectivity index is 1.63. The Labute approximate surface area is 127 Å². The second-order valence-corrected chi connectivity index (χ2v) is 6.08. The van der Waals surface area contributed by atoms with Crippen LogP contribution >= 0.6 is 11.6 Å². The van der Waals surface area contributed by atoms with E-state index in [4.69, 9.17) is 11.6 Å². The van der Waals surface area contributed by atoms with E-state index in [9.17, 15) is 13.6 Å². The number of nitrogens with zero attached hydrogens (tertiary/aromatic N) is 1. The van der Waals surface area contributed by atoms with E-state index in [2.05, 4.69) is 10.2 Å². The van der Waals surface area contributed by atoms with Crippen molar-refractivity contribution in [1.29, 1.82) is 0 Å². The van der Waals surface area contributed by atoms with Gasteiger partial charge in [-0.15, -0.1) is 0 Å². The van der Waals surface area contributed by atoms with Gasteiger partial charge in [0, 0.05) is 18.6 Å². The summed E-state index contributed by atoms with van der Waals surface area (Å²) < 4.78 is 26.9. The Bertz CT molecular complexity index is 563. The average molecular weight is 315 g/mol. The van der Waals surface area contributed by atoms with Crippen molar-refractivity contribution < 1.29 is 13.6 Å². The Morgan fingerprint density at radius 3 is 2.81 bits per heavy atom. The molecule has 3 nitrogen and oxygen atoms in total. The molecule has 2 fully saturated rings. The van der Waals surface area contributed by atoms with Crippen LogP contribution in [0.2, 0.25) is 5.02 Å². The molecule has 0 aromatic heterocycles. The van der Waals surface area contributed by atoms with Gasteiger partial charge in [-0.3, -0.25) is 9.69 Å². The first-order valence-corrected chi connectivity index (χ1v) is 7.63. The molecule has 0 spiro atoms. The molecule has 0 radical (unpaired) electrons. The summed E-state index contributed by atoms with van der Waals surface area (Å²) in [6.45, 7) is 1.56. The van der Waals surface area contributed by atoms with Crippen molar-refractivity contribution in [3.8, 4) is 0 Å². The fourth-order valence-corrected chi connectivity index (χ4v) is 3.14. The topological polar surface area (TPSA) is 32.3 Å². The van der Waals surface area contributed by atoms with Crippen LogP contribution in [0.15, 0.2) is 12.1 Å². The maximum Gasteiger partial charge on any atom is 0.254 e. The van der Waals surface area contributed by atoms with Gasteiger partial charge in [-0.05, 0) is 44.4 Å². The molecule has 1 atom stereocenters. The van der Waals surface area contributed by atoms with E-state index in [1.54, 1.807) is 0 Å². The fourth-order valence-electron chi connectivity index (χ4n) is 2.97. The van der Waals surface area contributed by atoms with Crippen molar-refractivity contribution >= 4 is 17.5 Å². The lowest BCUT2D eigenvalue weighted by Crippen LogP contribution is -2.41. The van der Waals surface area contributed by atoms with Gasteiger partial charge in [0.2, 0.25) is 0 Å². The minimum absolute atomic E-state index is 0.211. The molecular formula is C15H17ClF2N2O. The maximum absolute atomic E-state index is 13.8. The zero-order valence-corrected chi connectivity index (χ0v) is 12.3. The number of carbonyl (C=O) groups is 1. The van der Waals surface area contributed by atoms with E-state index < -0.39 is 22.6 Å². The number of hydrogen-bond acceptors (Lipinski definition) is 2. The molecule has 1 heterocycles. The van der Waals surface area contributed by atoms with E-state index in [0.717, 1.165) is 31.5 Å². The summed E-state index contributed by atoms with van der Waals surface area (Å²) in [6.07, 6.45) is 4.64. The van der Waals surface area contributed by atoms with Crippen molar-refractivity contribution in [3.05, 3.63) is 34.4 Å². The SMILES string of the molecule is O=C(NCC1CCCN1C1CC1)c1ccc(F)c(Cl)c1F. The quantitative estimate of drug-likeness (QED) is 0.867. The van der Waals surface area contributed by atoms with Gasteiger partial charge >= 0.3 is 0 Å². The molecule has 1 amide bonds. The van der Waals surface area contributed by atoms with Gasteiger partial charge in [0.1, 0.15) is 10.8 Å². The lowest BCUT2D eigenvalue weighted by atomic mass is 10.1. The van der Waals surface area contributed by atoms with Crippen molar-refractivity contribution in [2.24, 2.45) is 0 Å². The third-order valence-electron chi connectivity index (χ3n) is 4.22. The second kappa shape index (κ2) is 5.89. The van der Waals surface area contributed by atoms with Gasteiger partial charge in [-0.2, -0.15) is 0 Å². The molecule has 1 unspecified atom stereocenters. The number of nitrogens with one attached hydrogen (secondary N) is 1. The molecule has 1 aliphatic carbocycles. The van der Waals surface area contributed by atoms with Gasteiger partial charge in [0.25, 0.3) is 5.91 Å². The maximum atomic E-state index is 13.8. The summed E-state index contributed by atoms with van der Waals surface area (Å²) in [5, 5.41) is 2.10. The fraction of sp³-hybridized carbons (Fsp3) is 0.533. The zero-order valence-electron chi connectivity index (χ0n) is 11.5. The lowest BCUT2D eigenvalue weighted by Gasteiger charge is -2.24. The van der Waals surface area contributed by atoms with Crippen molar-refractivity contribution in [2.45, 2.75) is 37.8 Å². The van der Waals surface area contributed by atoms with Crippen LogP contribution in [0.1, 0.15) is 36.0 Å². The minimum Gasteiger partial charge on any atom is -0.350 e. The predicted molar refractivity (Wildman–Crippen MR) is 76.5 cm³/mol. The molecule has 114 valence electrons. The third-order valence-corrected chi connectivity index (χ3v) is 4.56. The minimum atomic E-state index is -1.00. The summed E-state index contributed by atoms with van der Waals surface area (Å²) in [5.41, 5.74) is -0.211. The predicted octanol–water partition coefficient (Wildman–Crippen LogP) is 2.97. The first-order chi connectivity index (χ1) is 10.1. The van der Waals surface area contributed by atoms with Crippen LogP contribution in [-0.2, 0) is 0 Å². The summed E-state index contributed by atoms with van der Waals surface area (Å²) in [7, 11) is 0. The molecule has 0 bridgehead atoms. The molecule has 21 heavy (non-hydrogen) atoms. The summed E-state index contributed by atoms with van der Waals surface area (Å²) in [6, 6.07) is 3.11. The average Bonchev–Trinajstić information content (AvgIpc) is 3.21. The molecular weight excluding hydrogens is 298 g/mol. The van der Waals surface area contributed by atoms with E-state index >= 15 is 0 Å². The Hall–Kier alpha value is -1.20. The number of hydrogen-bond donors (Lipinski definition) is 1. The molecule has 6 heteroatoms. The largest absolute Gasteiger partial charge is 0.350 e. The summed E-state index contributed by atoms with van der Waals surface area (Å²) >= 11 is 5.49. The first kappa shape index (κ1) is 14.7. The third kappa shape index (κ3) is 3.04. The van der Waals surface area contributed by atoms with E-state index in [1.165, 1.54) is 12.8 Å². The Kier molecular flexibility index (Phi) is 4.13. The standard InChI is InChI=1S/C15H17ClF2N2O/c16-13-12(17)6-5-11(14(13)18)15(21)19-8-10-2-1-7-20(10)9-3-4-9/h5-6,9-10H,1-4,7-8H2,(H,19,21). The van der Waals surface area contributed by atoms with Crippen LogP contribution in [0.25, 0.3) is 0 Å². The van der Waals surface area contributed by atoms with Crippen molar-refractivity contribution in [2.75, 3.05) is 13.1 Å². The lowest BCUT2D eigenvalue weighted by molar-refractivity contribution is 0.0935. The van der Waals surface area contributed by atoms with Crippen LogP contribution in [0.3, 0.4) is 0 Å². The van der Waals surface area contributed by atoms with Gasteiger partial charge < -0.3 is 5.32 Å². The molecule has 1 N–H and O–H groups in total. The summed E-state index contributed by atoms with van der Waals surface area (Å²) in [4.78, 5) is 14.5. The molecule has 3 rings (SSSR count). The van der Waals surface area contributed by atoms with Crippen molar-refractivity contribution in [3.63, 3.8) is 0 Å². The van der Waals surface area contributed by atoms with Crippen LogP contribution in [0.4, 0.5) is 8.78 Å². The number of carbonyl (C=O) groups excluding carboxylic acids is 1. The number of rotatable bonds is 4.